The van der Waals surface area contributed by atoms with Gasteiger partial charge in [0.2, 0.25) is 0 Å². The van der Waals surface area contributed by atoms with E-state index in [4.69, 9.17) is 5.26 Å². The van der Waals surface area contributed by atoms with E-state index >= 15 is 0 Å². The van der Waals surface area contributed by atoms with Crippen molar-refractivity contribution in [3.05, 3.63) is 53.8 Å². The summed E-state index contributed by atoms with van der Waals surface area (Å²) in [5, 5.41) is 11.7. The van der Waals surface area contributed by atoms with Crippen LogP contribution in [-0.4, -0.2) is 6.36 Å². The molecular weight excluding hydrogens is 288 g/mol. The van der Waals surface area contributed by atoms with Crippen molar-refractivity contribution in [2.75, 3.05) is 5.32 Å². The average molecular weight is 296 g/mol. The highest BCUT2D eigenvalue weighted by atomic mass is 19.4. The number of benzene rings is 2. The van der Waals surface area contributed by atoms with Crippen LogP contribution in [0.3, 0.4) is 0 Å². The summed E-state index contributed by atoms with van der Waals surface area (Å²) < 4.78 is 52.8. The van der Waals surface area contributed by atoms with Crippen LogP contribution >= 0.6 is 0 Å². The van der Waals surface area contributed by atoms with E-state index in [9.17, 15) is 17.6 Å². The van der Waals surface area contributed by atoms with Crippen LogP contribution in [0.25, 0.3) is 0 Å². The highest BCUT2D eigenvalue weighted by Crippen LogP contribution is 2.26. The fraction of sp³-hybridized carbons (Fsp3) is 0.0714. The molecule has 1 N–H and O–H groups in total. The van der Waals surface area contributed by atoms with Crippen molar-refractivity contribution in [2.24, 2.45) is 0 Å². The van der Waals surface area contributed by atoms with E-state index < -0.39 is 12.2 Å². The Balaban J connectivity index is 2.16. The fourth-order valence-electron chi connectivity index (χ4n) is 1.61. The molecule has 0 saturated heterocycles. The predicted octanol–water partition coefficient (Wildman–Crippen LogP) is 4.34. The first kappa shape index (κ1) is 14.7. The van der Waals surface area contributed by atoms with Gasteiger partial charge in [0.15, 0.2) is 0 Å². The lowest BCUT2D eigenvalue weighted by molar-refractivity contribution is -0.274. The van der Waals surface area contributed by atoms with E-state index in [1.54, 1.807) is 0 Å². The van der Waals surface area contributed by atoms with Crippen LogP contribution in [0.2, 0.25) is 0 Å². The van der Waals surface area contributed by atoms with Gasteiger partial charge in [0.25, 0.3) is 0 Å². The highest BCUT2D eigenvalue weighted by Gasteiger charge is 2.30. The van der Waals surface area contributed by atoms with E-state index in [0.717, 1.165) is 18.2 Å². The molecule has 7 heteroatoms. The van der Waals surface area contributed by atoms with Crippen molar-refractivity contribution in [2.45, 2.75) is 6.36 Å². The standard InChI is InChI=1S/C14H8F4N2O/c15-10-1-6-13(9(7-10)8-19)20-11-2-4-12(5-3-11)21-14(16,17)18/h1-7,20H. The highest BCUT2D eigenvalue weighted by molar-refractivity contribution is 5.66. The number of alkyl halides is 3. The topological polar surface area (TPSA) is 45.0 Å². The number of ether oxygens (including phenoxy) is 1. The molecule has 0 radical (unpaired) electrons. The van der Waals surface area contributed by atoms with Gasteiger partial charge in [0.05, 0.1) is 11.3 Å². The van der Waals surface area contributed by atoms with Gasteiger partial charge in [-0.05, 0) is 42.5 Å². The number of nitriles is 1. The Bertz CT molecular complexity index is 675. The number of nitrogens with zero attached hydrogens (tertiary/aromatic N) is 1. The molecule has 21 heavy (non-hydrogen) atoms. The number of hydrogen-bond acceptors (Lipinski definition) is 3. The summed E-state index contributed by atoms with van der Waals surface area (Å²) in [7, 11) is 0. The molecule has 2 aromatic carbocycles. The smallest absolute Gasteiger partial charge is 0.406 e. The van der Waals surface area contributed by atoms with Crippen molar-refractivity contribution in [1.29, 1.82) is 5.26 Å². The lowest BCUT2D eigenvalue weighted by Gasteiger charge is -2.11. The van der Waals surface area contributed by atoms with Crippen LogP contribution in [0.1, 0.15) is 5.56 Å². The first-order valence-electron chi connectivity index (χ1n) is 5.70. The number of rotatable bonds is 3. The molecule has 108 valence electrons. The summed E-state index contributed by atoms with van der Waals surface area (Å²) in [5.41, 5.74) is 0.877. The summed E-state index contributed by atoms with van der Waals surface area (Å²) in [4.78, 5) is 0. The second-order valence-electron chi connectivity index (χ2n) is 4.00. The predicted molar refractivity (Wildman–Crippen MR) is 67.5 cm³/mol. The quantitative estimate of drug-likeness (QED) is 0.857. The number of anilines is 2. The van der Waals surface area contributed by atoms with Crippen molar-refractivity contribution in [3.8, 4) is 11.8 Å². The van der Waals surface area contributed by atoms with Gasteiger partial charge in [-0.1, -0.05) is 0 Å². The van der Waals surface area contributed by atoms with Crippen LogP contribution < -0.4 is 10.1 Å². The molecule has 3 nitrogen and oxygen atoms in total. The monoisotopic (exact) mass is 296 g/mol. The summed E-state index contributed by atoms with van der Waals surface area (Å²) in [6, 6.07) is 10.4. The molecule has 0 bridgehead atoms. The summed E-state index contributed by atoms with van der Waals surface area (Å²) >= 11 is 0. The van der Waals surface area contributed by atoms with Crippen molar-refractivity contribution in [3.63, 3.8) is 0 Å². The molecule has 2 aromatic rings. The number of halogens is 4. The third-order valence-electron chi connectivity index (χ3n) is 2.47. The molecule has 0 atom stereocenters. The zero-order valence-electron chi connectivity index (χ0n) is 10.4. The fourth-order valence-corrected chi connectivity index (χ4v) is 1.61. The Morgan fingerprint density at radius 2 is 1.71 bits per heavy atom. The lowest BCUT2D eigenvalue weighted by Crippen LogP contribution is -2.16. The van der Waals surface area contributed by atoms with Crippen LogP contribution in [0.15, 0.2) is 42.5 Å². The van der Waals surface area contributed by atoms with Crippen molar-refractivity contribution >= 4 is 11.4 Å². The van der Waals surface area contributed by atoms with Gasteiger partial charge >= 0.3 is 6.36 Å². The van der Waals surface area contributed by atoms with Gasteiger partial charge < -0.3 is 10.1 Å². The molecule has 0 spiro atoms. The second kappa shape index (κ2) is 5.71. The minimum atomic E-state index is -4.75. The Labute approximate surface area is 117 Å². The number of nitrogens with one attached hydrogen (secondary N) is 1. The van der Waals surface area contributed by atoms with Gasteiger partial charge in [-0.2, -0.15) is 5.26 Å². The first-order chi connectivity index (χ1) is 9.87. The van der Waals surface area contributed by atoms with E-state index in [-0.39, 0.29) is 11.3 Å². The molecule has 0 aliphatic rings. The maximum atomic E-state index is 13.0. The molecule has 2 rings (SSSR count). The zero-order chi connectivity index (χ0) is 15.5. The van der Waals surface area contributed by atoms with Gasteiger partial charge in [0, 0.05) is 5.69 Å². The third kappa shape index (κ3) is 4.11. The summed E-state index contributed by atoms with van der Waals surface area (Å²) in [6.45, 7) is 0. The van der Waals surface area contributed by atoms with Crippen molar-refractivity contribution in [1.82, 2.24) is 0 Å². The van der Waals surface area contributed by atoms with E-state index in [1.807, 2.05) is 6.07 Å². The average Bonchev–Trinajstić information content (AvgIpc) is 2.41. The molecule has 0 heterocycles. The lowest BCUT2D eigenvalue weighted by atomic mass is 10.2. The molecular formula is C14H8F4N2O. The van der Waals surface area contributed by atoms with Crippen molar-refractivity contribution < 1.29 is 22.3 Å². The molecule has 0 aliphatic carbocycles. The van der Waals surface area contributed by atoms with E-state index in [0.29, 0.717) is 11.4 Å². The molecule has 0 aliphatic heterocycles. The normalized spacial score (nSPS) is 10.8. The first-order valence-corrected chi connectivity index (χ1v) is 5.70. The molecule has 0 aromatic heterocycles. The largest absolute Gasteiger partial charge is 0.573 e. The minimum Gasteiger partial charge on any atom is -0.406 e. The molecule has 0 amide bonds. The third-order valence-corrected chi connectivity index (χ3v) is 2.47. The van der Waals surface area contributed by atoms with E-state index in [2.05, 4.69) is 10.1 Å². The summed E-state index contributed by atoms with van der Waals surface area (Å²) in [6.07, 6.45) is -4.75. The maximum absolute atomic E-state index is 13.0. The van der Waals surface area contributed by atoms with Gasteiger partial charge in [0.1, 0.15) is 17.6 Å². The second-order valence-corrected chi connectivity index (χ2v) is 4.00. The van der Waals surface area contributed by atoms with Gasteiger partial charge in [-0.3, -0.25) is 0 Å². The van der Waals surface area contributed by atoms with Crippen LogP contribution in [0.5, 0.6) is 5.75 Å². The van der Waals surface area contributed by atoms with E-state index in [1.165, 1.54) is 24.3 Å². The SMILES string of the molecule is N#Cc1cc(F)ccc1Nc1ccc(OC(F)(F)F)cc1. The van der Waals surface area contributed by atoms with Gasteiger partial charge in [-0.25, -0.2) is 4.39 Å². The molecule has 0 unspecified atom stereocenters. The minimum absolute atomic E-state index is 0.0885. The van der Waals surface area contributed by atoms with Crippen LogP contribution in [0.4, 0.5) is 28.9 Å². The molecule has 0 fully saturated rings. The maximum Gasteiger partial charge on any atom is 0.573 e. The number of hydrogen-bond donors (Lipinski definition) is 1. The Hall–Kier alpha value is -2.75. The molecule has 0 saturated carbocycles. The van der Waals surface area contributed by atoms with Gasteiger partial charge in [-0.15, -0.1) is 13.2 Å². The Kier molecular flexibility index (Phi) is 3.98. The van der Waals surface area contributed by atoms with Crippen LogP contribution in [-0.2, 0) is 0 Å². The Morgan fingerprint density at radius 3 is 2.29 bits per heavy atom. The van der Waals surface area contributed by atoms with Crippen LogP contribution in [0, 0.1) is 17.1 Å². The Morgan fingerprint density at radius 1 is 1.05 bits per heavy atom. The summed E-state index contributed by atoms with van der Waals surface area (Å²) in [5.74, 6) is -0.904. The zero-order valence-corrected chi connectivity index (χ0v) is 10.4.